The lowest BCUT2D eigenvalue weighted by molar-refractivity contribution is 0.305. The lowest BCUT2D eigenvalue weighted by atomic mass is 10.2. The minimum Gasteiger partial charge on any atom is -0.493 e. The molecule has 0 bridgehead atoms. The van der Waals surface area contributed by atoms with Crippen molar-refractivity contribution in [2.45, 2.75) is 6.42 Å². The van der Waals surface area contributed by atoms with Crippen LogP contribution in [-0.2, 0) is 0 Å². The number of ether oxygens (including phenoxy) is 1. The Kier molecular flexibility index (Phi) is 3.77. The minimum atomic E-state index is 0.0620. The maximum absolute atomic E-state index is 8.53. The van der Waals surface area contributed by atoms with E-state index >= 15 is 0 Å². The van der Waals surface area contributed by atoms with Gasteiger partial charge in [-0.1, -0.05) is 11.8 Å². The van der Waals surface area contributed by atoms with Crippen LogP contribution in [0.5, 0.6) is 5.75 Å². The Morgan fingerprint density at radius 1 is 1.64 bits per heavy atom. The molecular formula is C10H12N2O2. The van der Waals surface area contributed by atoms with Gasteiger partial charge >= 0.3 is 0 Å². The topological polar surface area (TPSA) is 68.4 Å². The number of anilines is 1. The second-order valence-electron chi connectivity index (χ2n) is 2.59. The molecular weight excluding hydrogens is 180 g/mol. The van der Waals surface area contributed by atoms with Crippen LogP contribution in [0.25, 0.3) is 0 Å². The van der Waals surface area contributed by atoms with Gasteiger partial charge in [0.25, 0.3) is 0 Å². The van der Waals surface area contributed by atoms with E-state index in [0.29, 0.717) is 18.0 Å². The van der Waals surface area contributed by atoms with Crippen molar-refractivity contribution < 1.29 is 9.84 Å². The molecule has 1 aromatic heterocycles. The number of aromatic nitrogens is 1. The van der Waals surface area contributed by atoms with Crippen molar-refractivity contribution in [2.75, 3.05) is 19.5 Å². The summed E-state index contributed by atoms with van der Waals surface area (Å²) in [5.74, 6) is 6.49. The molecule has 0 aliphatic heterocycles. The summed E-state index contributed by atoms with van der Waals surface area (Å²) < 4.78 is 4.99. The van der Waals surface area contributed by atoms with Gasteiger partial charge in [-0.15, -0.1) is 0 Å². The van der Waals surface area contributed by atoms with Gasteiger partial charge in [-0.2, -0.15) is 0 Å². The highest BCUT2D eigenvalue weighted by Gasteiger charge is 1.99. The lowest BCUT2D eigenvalue weighted by Crippen LogP contribution is -1.95. The average molecular weight is 192 g/mol. The number of methoxy groups -OCH3 is 1. The molecule has 4 nitrogen and oxygen atoms in total. The number of nitrogens with two attached hydrogens (primary N) is 1. The van der Waals surface area contributed by atoms with Gasteiger partial charge in [0.15, 0.2) is 11.6 Å². The van der Waals surface area contributed by atoms with Gasteiger partial charge < -0.3 is 15.6 Å². The highest BCUT2D eigenvalue weighted by Crippen LogP contribution is 2.18. The Labute approximate surface area is 82.7 Å². The van der Waals surface area contributed by atoms with Gasteiger partial charge in [0, 0.05) is 24.2 Å². The Hall–Kier alpha value is -1.73. The number of nitrogen functional groups attached to an aromatic ring is 1. The molecule has 0 aromatic carbocycles. The molecule has 3 N–H and O–H groups in total. The van der Waals surface area contributed by atoms with Gasteiger partial charge in [0.1, 0.15) is 0 Å². The molecule has 0 atom stereocenters. The van der Waals surface area contributed by atoms with Crippen LogP contribution >= 0.6 is 0 Å². The first-order chi connectivity index (χ1) is 6.77. The third kappa shape index (κ3) is 2.64. The highest BCUT2D eigenvalue weighted by atomic mass is 16.5. The molecule has 1 rings (SSSR count). The van der Waals surface area contributed by atoms with E-state index in [2.05, 4.69) is 16.8 Å². The molecule has 0 amide bonds. The molecule has 0 saturated carbocycles. The first-order valence-electron chi connectivity index (χ1n) is 4.17. The number of pyridine rings is 1. The summed E-state index contributed by atoms with van der Waals surface area (Å²) in [4.78, 5) is 3.92. The largest absolute Gasteiger partial charge is 0.493 e. The summed E-state index contributed by atoms with van der Waals surface area (Å²) in [6, 6.07) is 1.71. The fourth-order valence-corrected chi connectivity index (χ4v) is 0.907. The Bertz CT molecular complexity index is 366. The third-order valence-electron chi connectivity index (χ3n) is 1.57. The number of aliphatic hydroxyl groups excluding tert-OH is 1. The van der Waals surface area contributed by atoms with Crippen molar-refractivity contribution in [1.82, 2.24) is 4.98 Å². The second kappa shape index (κ2) is 5.10. The first kappa shape index (κ1) is 10.4. The average Bonchev–Trinajstić information content (AvgIpc) is 2.21. The summed E-state index contributed by atoms with van der Waals surface area (Å²) in [5.41, 5.74) is 6.26. The summed E-state index contributed by atoms with van der Waals surface area (Å²) in [6.07, 6.45) is 2.02. The van der Waals surface area contributed by atoms with Crippen LogP contribution in [0.15, 0.2) is 12.3 Å². The van der Waals surface area contributed by atoms with E-state index in [9.17, 15) is 0 Å². The highest BCUT2D eigenvalue weighted by molar-refractivity contribution is 5.50. The molecule has 0 unspecified atom stereocenters. The van der Waals surface area contributed by atoms with E-state index in [4.69, 9.17) is 15.6 Å². The lowest BCUT2D eigenvalue weighted by Gasteiger charge is -2.02. The third-order valence-corrected chi connectivity index (χ3v) is 1.57. The van der Waals surface area contributed by atoms with Crippen LogP contribution < -0.4 is 10.5 Å². The summed E-state index contributed by atoms with van der Waals surface area (Å²) in [6.45, 7) is 0.0620. The van der Waals surface area contributed by atoms with Crippen LogP contribution in [0.2, 0.25) is 0 Å². The minimum absolute atomic E-state index is 0.0620. The van der Waals surface area contributed by atoms with Crippen molar-refractivity contribution in [3.8, 4) is 17.6 Å². The molecule has 0 fully saturated rings. The monoisotopic (exact) mass is 192 g/mol. The van der Waals surface area contributed by atoms with Crippen molar-refractivity contribution in [2.24, 2.45) is 0 Å². The van der Waals surface area contributed by atoms with Gasteiger partial charge in [-0.3, -0.25) is 0 Å². The van der Waals surface area contributed by atoms with Crippen LogP contribution in [0, 0.1) is 11.8 Å². The molecule has 14 heavy (non-hydrogen) atoms. The SMILES string of the molecule is COc1cc(C#CCCO)cnc1N. The van der Waals surface area contributed by atoms with Crippen molar-refractivity contribution in [3.05, 3.63) is 17.8 Å². The zero-order chi connectivity index (χ0) is 10.4. The number of hydrogen-bond acceptors (Lipinski definition) is 4. The van der Waals surface area contributed by atoms with Gasteiger partial charge in [0.2, 0.25) is 0 Å². The van der Waals surface area contributed by atoms with Gasteiger partial charge in [-0.25, -0.2) is 4.98 Å². The van der Waals surface area contributed by atoms with E-state index < -0.39 is 0 Å². The zero-order valence-electron chi connectivity index (χ0n) is 7.95. The van der Waals surface area contributed by atoms with Crippen LogP contribution in [0.3, 0.4) is 0 Å². The molecule has 1 aromatic rings. The van der Waals surface area contributed by atoms with E-state index in [0.717, 1.165) is 5.56 Å². The van der Waals surface area contributed by atoms with Crippen molar-refractivity contribution >= 4 is 5.82 Å². The number of rotatable bonds is 2. The summed E-state index contributed by atoms with van der Waals surface area (Å²) >= 11 is 0. The van der Waals surface area contributed by atoms with Crippen molar-refractivity contribution in [3.63, 3.8) is 0 Å². The van der Waals surface area contributed by atoms with Crippen LogP contribution in [0.1, 0.15) is 12.0 Å². The molecule has 0 spiro atoms. The molecule has 4 heteroatoms. The Balaban J connectivity index is 2.86. The number of aliphatic hydroxyl groups is 1. The first-order valence-corrected chi connectivity index (χ1v) is 4.17. The second-order valence-corrected chi connectivity index (χ2v) is 2.59. The van der Waals surface area contributed by atoms with Gasteiger partial charge in [-0.05, 0) is 0 Å². The molecule has 0 aliphatic rings. The zero-order valence-corrected chi connectivity index (χ0v) is 7.95. The Morgan fingerprint density at radius 2 is 2.43 bits per heavy atom. The maximum Gasteiger partial charge on any atom is 0.166 e. The molecule has 74 valence electrons. The summed E-state index contributed by atoms with van der Waals surface area (Å²) in [5, 5.41) is 8.53. The molecule has 0 radical (unpaired) electrons. The standard InChI is InChI=1S/C10H12N2O2/c1-14-9-6-8(4-2-3-5-13)7-12-10(9)11/h6-7,13H,3,5H2,1H3,(H2,11,12). The quantitative estimate of drug-likeness (QED) is 0.666. The van der Waals surface area contributed by atoms with Crippen molar-refractivity contribution in [1.29, 1.82) is 0 Å². The predicted octanol–water partition coefficient (Wildman–Crippen LogP) is 0.406. The maximum atomic E-state index is 8.53. The summed E-state index contributed by atoms with van der Waals surface area (Å²) in [7, 11) is 1.53. The number of nitrogens with zero attached hydrogens (tertiary/aromatic N) is 1. The van der Waals surface area contributed by atoms with E-state index in [-0.39, 0.29) is 6.61 Å². The van der Waals surface area contributed by atoms with Gasteiger partial charge in [0.05, 0.1) is 13.7 Å². The molecule has 0 saturated heterocycles. The fourth-order valence-electron chi connectivity index (χ4n) is 0.907. The normalized spacial score (nSPS) is 9.00. The Morgan fingerprint density at radius 3 is 3.07 bits per heavy atom. The smallest absolute Gasteiger partial charge is 0.166 e. The fraction of sp³-hybridized carbons (Fsp3) is 0.300. The molecule has 0 aliphatic carbocycles. The van der Waals surface area contributed by atoms with Crippen LogP contribution in [0.4, 0.5) is 5.82 Å². The van der Waals surface area contributed by atoms with Crippen LogP contribution in [-0.4, -0.2) is 23.8 Å². The van der Waals surface area contributed by atoms with E-state index in [1.807, 2.05) is 0 Å². The molecule has 1 heterocycles. The van der Waals surface area contributed by atoms with E-state index in [1.165, 1.54) is 7.11 Å². The predicted molar refractivity (Wildman–Crippen MR) is 53.8 cm³/mol. The number of hydrogen-bond donors (Lipinski definition) is 2. The van der Waals surface area contributed by atoms with E-state index in [1.54, 1.807) is 12.3 Å².